The van der Waals surface area contributed by atoms with E-state index in [9.17, 15) is 22.8 Å². The quantitative estimate of drug-likeness (QED) is 0.507. The smallest absolute Gasteiger partial charge is 0.405 e. The second kappa shape index (κ2) is 6.08. The Bertz CT molecular complexity index is 911. The summed E-state index contributed by atoms with van der Waals surface area (Å²) in [6, 6.07) is 6.37. The maximum atomic E-state index is 14.0. The Kier molecular flexibility index (Phi) is 4.08. The molecule has 0 fully saturated rings. The highest BCUT2D eigenvalue weighted by atomic mass is 19.2. The molecule has 1 aliphatic rings. The van der Waals surface area contributed by atoms with Crippen LogP contribution in [0.2, 0.25) is 0 Å². The Labute approximate surface area is 140 Å². The first kappa shape index (κ1) is 16.8. The molecule has 1 amide bonds. The van der Waals surface area contributed by atoms with Gasteiger partial charge in [-0.1, -0.05) is 30.4 Å². The number of aldehydes is 1. The summed E-state index contributed by atoms with van der Waals surface area (Å²) in [6.07, 6.45) is 2.52. The number of halogens is 3. The fourth-order valence-corrected chi connectivity index (χ4v) is 2.96. The normalized spacial score (nSPS) is 18.5. The van der Waals surface area contributed by atoms with Crippen molar-refractivity contribution in [1.82, 2.24) is 5.32 Å². The van der Waals surface area contributed by atoms with Gasteiger partial charge in [0.05, 0.1) is 0 Å². The standard InChI is InChI=1S/C18H12F3NO3/c19-14-6-4-12(15(20)16(14)21)10-3-5-13-11(8-10)2-1-7-18(13,9-23)22-17(24)25/h1,3-9,22H,2H2,(H,24,25)/t18-/m1/s1. The topological polar surface area (TPSA) is 66.4 Å². The number of hydrogen-bond acceptors (Lipinski definition) is 2. The van der Waals surface area contributed by atoms with Gasteiger partial charge in [-0.2, -0.15) is 0 Å². The summed E-state index contributed by atoms with van der Waals surface area (Å²) >= 11 is 0. The number of carbonyl (C=O) groups excluding carboxylic acids is 1. The van der Waals surface area contributed by atoms with Crippen LogP contribution in [0.3, 0.4) is 0 Å². The second-order valence-electron chi connectivity index (χ2n) is 5.62. The van der Waals surface area contributed by atoms with Crippen molar-refractivity contribution in [3.8, 4) is 11.1 Å². The SMILES string of the molecule is O=C[C@]1(NC(=O)O)C=CCc2cc(-c3ccc(F)c(F)c3F)ccc21. The van der Waals surface area contributed by atoms with Gasteiger partial charge < -0.3 is 10.4 Å². The van der Waals surface area contributed by atoms with Crippen LogP contribution in [0.4, 0.5) is 18.0 Å². The number of nitrogens with one attached hydrogen (secondary N) is 1. The Hall–Kier alpha value is -3.09. The third-order valence-corrected chi connectivity index (χ3v) is 4.12. The minimum absolute atomic E-state index is 0.126. The predicted molar refractivity (Wildman–Crippen MR) is 83.5 cm³/mol. The molecule has 0 aliphatic heterocycles. The first-order valence-electron chi connectivity index (χ1n) is 7.30. The monoisotopic (exact) mass is 347 g/mol. The van der Waals surface area contributed by atoms with Crippen LogP contribution in [-0.4, -0.2) is 17.5 Å². The number of fused-ring (bicyclic) bond motifs is 1. The van der Waals surface area contributed by atoms with Crippen LogP contribution < -0.4 is 5.32 Å². The summed E-state index contributed by atoms with van der Waals surface area (Å²) in [5.41, 5.74) is -0.395. The third-order valence-electron chi connectivity index (χ3n) is 4.12. The van der Waals surface area contributed by atoms with Crippen molar-refractivity contribution in [2.45, 2.75) is 12.0 Å². The van der Waals surface area contributed by atoms with E-state index in [2.05, 4.69) is 5.32 Å². The van der Waals surface area contributed by atoms with Crippen LogP contribution >= 0.6 is 0 Å². The molecule has 0 unspecified atom stereocenters. The van der Waals surface area contributed by atoms with E-state index in [1.165, 1.54) is 24.3 Å². The van der Waals surface area contributed by atoms with Gasteiger partial charge in [0.25, 0.3) is 0 Å². The zero-order chi connectivity index (χ0) is 18.2. The summed E-state index contributed by atoms with van der Waals surface area (Å²) in [5, 5.41) is 11.1. The van der Waals surface area contributed by atoms with E-state index in [-0.39, 0.29) is 5.56 Å². The molecule has 0 radical (unpaired) electrons. The van der Waals surface area contributed by atoms with E-state index in [1.807, 2.05) is 0 Å². The molecule has 0 saturated carbocycles. The summed E-state index contributed by atoms with van der Waals surface area (Å²) in [6.45, 7) is 0. The molecular formula is C18H12F3NO3. The predicted octanol–water partition coefficient (Wildman–Crippen LogP) is 3.55. The lowest BCUT2D eigenvalue weighted by Gasteiger charge is -2.30. The molecule has 3 rings (SSSR count). The van der Waals surface area contributed by atoms with Crippen molar-refractivity contribution >= 4 is 12.4 Å². The summed E-state index contributed by atoms with van der Waals surface area (Å²) in [7, 11) is 0. The molecule has 25 heavy (non-hydrogen) atoms. The molecule has 0 spiro atoms. The maximum Gasteiger partial charge on any atom is 0.405 e. The molecule has 4 nitrogen and oxygen atoms in total. The van der Waals surface area contributed by atoms with E-state index in [1.54, 1.807) is 6.08 Å². The minimum Gasteiger partial charge on any atom is -0.465 e. The molecule has 0 saturated heterocycles. The summed E-state index contributed by atoms with van der Waals surface area (Å²) in [4.78, 5) is 22.6. The van der Waals surface area contributed by atoms with Crippen LogP contribution in [0.15, 0.2) is 42.5 Å². The van der Waals surface area contributed by atoms with Crippen LogP contribution in [0.25, 0.3) is 11.1 Å². The number of allylic oxidation sites excluding steroid dienone is 1. The molecule has 0 bridgehead atoms. The van der Waals surface area contributed by atoms with Gasteiger partial charge in [0.2, 0.25) is 0 Å². The molecule has 0 heterocycles. The summed E-state index contributed by atoms with van der Waals surface area (Å²) < 4.78 is 40.5. The average Bonchev–Trinajstić information content (AvgIpc) is 2.59. The van der Waals surface area contributed by atoms with Gasteiger partial charge in [0, 0.05) is 5.56 Å². The molecule has 7 heteroatoms. The van der Waals surface area contributed by atoms with Gasteiger partial charge in [-0.25, -0.2) is 18.0 Å². The molecule has 2 N–H and O–H groups in total. The average molecular weight is 347 g/mol. The van der Waals surface area contributed by atoms with Crippen molar-refractivity contribution in [2.75, 3.05) is 0 Å². The second-order valence-corrected chi connectivity index (χ2v) is 5.62. The van der Waals surface area contributed by atoms with Gasteiger partial charge in [0.1, 0.15) is 5.54 Å². The summed E-state index contributed by atoms with van der Waals surface area (Å²) in [5.74, 6) is -4.16. The molecule has 0 aromatic heterocycles. The Morgan fingerprint density at radius 3 is 2.60 bits per heavy atom. The van der Waals surface area contributed by atoms with Crippen LogP contribution in [0.1, 0.15) is 11.1 Å². The first-order chi connectivity index (χ1) is 11.9. The highest BCUT2D eigenvalue weighted by Crippen LogP contribution is 2.34. The lowest BCUT2D eigenvalue weighted by Crippen LogP contribution is -2.46. The van der Waals surface area contributed by atoms with Crippen molar-refractivity contribution in [3.63, 3.8) is 0 Å². The van der Waals surface area contributed by atoms with E-state index in [4.69, 9.17) is 5.11 Å². The highest BCUT2D eigenvalue weighted by Gasteiger charge is 2.35. The largest absolute Gasteiger partial charge is 0.465 e. The van der Waals surface area contributed by atoms with E-state index >= 15 is 0 Å². The number of benzene rings is 2. The fraction of sp³-hybridized carbons (Fsp3) is 0.111. The van der Waals surface area contributed by atoms with Crippen LogP contribution in [0, 0.1) is 17.5 Å². The Morgan fingerprint density at radius 2 is 1.92 bits per heavy atom. The molecule has 2 aromatic rings. The minimum atomic E-state index is -1.56. The van der Waals surface area contributed by atoms with Crippen molar-refractivity contribution in [2.24, 2.45) is 0 Å². The molecule has 128 valence electrons. The number of hydrogen-bond donors (Lipinski definition) is 2. The lowest BCUT2D eigenvalue weighted by molar-refractivity contribution is -0.112. The van der Waals surface area contributed by atoms with Gasteiger partial charge >= 0.3 is 6.09 Å². The van der Waals surface area contributed by atoms with Crippen LogP contribution in [0.5, 0.6) is 0 Å². The Morgan fingerprint density at radius 1 is 1.16 bits per heavy atom. The van der Waals surface area contributed by atoms with Gasteiger partial charge in [-0.15, -0.1) is 0 Å². The van der Waals surface area contributed by atoms with E-state index in [0.717, 1.165) is 12.1 Å². The Balaban J connectivity index is 2.12. The molecular weight excluding hydrogens is 335 g/mol. The van der Waals surface area contributed by atoms with Crippen LogP contribution in [-0.2, 0) is 16.8 Å². The number of carbonyl (C=O) groups is 2. The van der Waals surface area contributed by atoms with Crippen molar-refractivity contribution in [1.29, 1.82) is 0 Å². The van der Waals surface area contributed by atoms with Crippen molar-refractivity contribution in [3.05, 3.63) is 71.1 Å². The molecule has 2 aromatic carbocycles. The third kappa shape index (κ3) is 2.77. The van der Waals surface area contributed by atoms with Gasteiger partial charge in [-0.05, 0) is 35.2 Å². The van der Waals surface area contributed by atoms with E-state index in [0.29, 0.717) is 29.4 Å². The van der Waals surface area contributed by atoms with E-state index < -0.39 is 29.1 Å². The number of carboxylic acid groups (broad SMARTS) is 1. The highest BCUT2D eigenvalue weighted by molar-refractivity contribution is 5.81. The lowest BCUT2D eigenvalue weighted by atomic mass is 9.81. The van der Waals surface area contributed by atoms with Gasteiger partial charge in [0.15, 0.2) is 23.7 Å². The molecule has 1 atom stereocenters. The molecule has 1 aliphatic carbocycles. The number of amides is 1. The fourth-order valence-electron chi connectivity index (χ4n) is 2.96. The zero-order valence-electron chi connectivity index (χ0n) is 12.7. The maximum absolute atomic E-state index is 14.0. The first-order valence-corrected chi connectivity index (χ1v) is 7.30. The van der Waals surface area contributed by atoms with Crippen molar-refractivity contribution < 1.29 is 27.9 Å². The van der Waals surface area contributed by atoms with Gasteiger partial charge in [-0.3, -0.25) is 4.79 Å². The zero-order valence-corrected chi connectivity index (χ0v) is 12.7. The number of rotatable bonds is 3.